The first kappa shape index (κ1) is 23.1. The fraction of sp³-hybridized carbons (Fsp3) is 0.0833. The maximum atomic E-state index is 12.5. The zero-order chi connectivity index (χ0) is 24.5. The van der Waals surface area contributed by atoms with Crippen molar-refractivity contribution in [1.82, 2.24) is 9.97 Å². The number of nitrogens with one attached hydrogen (secondary N) is 2. The van der Waals surface area contributed by atoms with E-state index in [0.717, 1.165) is 16.6 Å². The van der Waals surface area contributed by atoms with Crippen LogP contribution in [0.5, 0.6) is 0 Å². The Balaban J connectivity index is 1.57. The van der Waals surface area contributed by atoms with E-state index in [4.69, 9.17) is 0 Å². The highest BCUT2D eigenvalue weighted by Crippen LogP contribution is 2.27. The van der Waals surface area contributed by atoms with Crippen LogP contribution >= 0.6 is 0 Å². The summed E-state index contributed by atoms with van der Waals surface area (Å²) in [7, 11) is -5.48. The predicted molar refractivity (Wildman–Crippen MR) is 123 cm³/mol. The molecule has 3 aromatic carbocycles. The molecule has 0 saturated carbocycles. The third kappa shape index (κ3) is 4.79. The van der Waals surface area contributed by atoms with Crippen LogP contribution in [0.1, 0.15) is 28.7 Å². The lowest BCUT2D eigenvalue weighted by Crippen LogP contribution is -2.29. The molecule has 0 atom stereocenters. The van der Waals surface area contributed by atoms with E-state index in [9.17, 15) is 26.4 Å². The molecule has 0 saturated heterocycles. The number of hydrogen-bond donors (Lipinski definition) is 2. The molecule has 4 aromatic rings. The molecule has 1 heterocycles. The Morgan fingerprint density at radius 1 is 1.00 bits per heavy atom. The van der Waals surface area contributed by atoms with E-state index in [1.165, 1.54) is 35.9 Å². The summed E-state index contributed by atoms with van der Waals surface area (Å²) in [5.74, 6) is 6.00. The van der Waals surface area contributed by atoms with Gasteiger partial charge in [0.05, 0.1) is 11.0 Å². The van der Waals surface area contributed by atoms with Crippen molar-refractivity contribution in [1.29, 1.82) is 0 Å². The van der Waals surface area contributed by atoms with Gasteiger partial charge in [-0.25, -0.2) is 4.98 Å². The normalized spacial score (nSPS) is 11.6. The van der Waals surface area contributed by atoms with Crippen LogP contribution in [0.4, 0.5) is 18.9 Å². The maximum Gasteiger partial charge on any atom is 0.516 e. The number of halogens is 3. The van der Waals surface area contributed by atoms with Gasteiger partial charge in [-0.15, -0.1) is 0 Å². The molecule has 10 heteroatoms. The van der Waals surface area contributed by atoms with Gasteiger partial charge in [-0.3, -0.25) is 9.52 Å². The number of carbonyl (C=O) groups excluding carboxylic acids is 1. The number of sulfonamides is 1. The lowest BCUT2D eigenvalue weighted by Gasteiger charge is -2.10. The summed E-state index contributed by atoms with van der Waals surface area (Å²) in [6.45, 7) is 1.51. The Hall–Kier alpha value is -4.10. The largest absolute Gasteiger partial charge is 0.516 e. The van der Waals surface area contributed by atoms with Crippen molar-refractivity contribution in [3.8, 4) is 23.0 Å². The van der Waals surface area contributed by atoms with Gasteiger partial charge in [0.25, 0.3) is 0 Å². The van der Waals surface area contributed by atoms with E-state index in [2.05, 4.69) is 21.8 Å². The summed E-state index contributed by atoms with van der Waals surface area (Å²) in [6, 6.07) is 18.0. The second kappa shape index (κ2) is 8.68. The molecule has 0 radical (unpaired) electrons. The average Bonchev–Trinajstić information content (AvgIpc) is 3.20. The number of fused-ring (bicyclic) bond motifs is 1. The monoisotopic (exact) mass is 483 g/mol. The van der Waals surface area contributed by atoms with E-state index in [1.54, 1.807) is 12.1 Å². The van der Waals surface area contributed by atoms with Gasteiger partial charge < -0.3 is 4.98 Å². The highest BCUT2D eigenvalue weighted by Gasteiger charge is 2.46. The Bertz CT molecular complexity index is 1560. The molecule has 4 rings (SSSR count). The van der Waals surface area contributed by atoms with Gasteiger partial charge in [0.2, 0.25) is 0 Å². The first-order chi connectivity index (χ1) is 16.0. The predicted octanol–water partition coefficient (Wildman–Crippen LogP) is 5.09. The number of H-pyrrole nitrogens is 1. The quantitative estimate of drug-likeness (QED) is 0.312. The number of aromatic amines is 1. The number of aromatic nitrogens is 2. The van der Waals surface area contributed by atoms with Crippen molar-refractivity contribution in [2.75, 3.05) is 4.72 Å². The SMILES string of the molecule is CC(=O)c1ccccc1-c1ccc2nc(C#Cc3ccc(NS(=O)(=O)C(F)(F)F)cc3)[nH]c2c1. The summed E-state index contributed by atoms with van der Waals surface area (Å²) < 4.78 is 61.2. The Labute approximate surface area is 192 Å². The smallest absolute Gasteiger partial charge is 0.331 e. The van der Waals surface area contributed by atoms with E-state index in [0.29, 0.717) is 22.5 Å². The molecule has 0 bridgehead atoms. The van der Waals surface area contributed by atoms with Crippen molar-refractivity contribution in [3.05, 3.63) is 83.7 Å². The van der Waals surface area contributed by atoms with Crippen LogP contribution in [0.15, 0.2) is 66.7 Å². The van der Waals surface area contributed by atoms with Gasteiger partial charge in [0.15, 0.2) is 11.6 Å². The van der Waals surface area contributed by atoms with Crippen LogP contribution in [0.3, 0.4) is 0 Å². The first-order valence-electron chi connectivity index (χ1n) is 9.85. The topological polar surface area (TPSA) is 91.9 Å². The van der Waals surface area contributed by atoms with Gasteiger partial charge >= 0.3 is 15.5 Å². The fourth-order valence-corrected chi connectivity index (χ4v) is 3.81. The number of ketones is 1. The van der Waals surface area contributed by atoms with Crippen molar-refractivity contribution in [3.63, 3.8) is 0 Å². The van der Waals surface area contributed by atoms with Gasteiger partial charge in [0.1, 0.15) is 0 Å². The summed E-state index contributed by atoms with van der Waals surface area (Å²) >= 11 is 0. The molecular formula is C24H16F3N3O3S. The minimum absolute atomic E-state index is 0.0379. The molecule has 0 spiro atoms. The number of hydrogen-bond acceptors (Lipinski definition) is 4. The van der Waals surface area contributed by atoms with E-state index in [-0.39, 0.29) is 11.5 Å². The molecule has 172 valence electrons. The zero-order valence-electron chi connectivity index (χ0n) is 17.6. The van der Waals surface area contributed by atoms with Crippen LogP contribution in [0.25, 0.3) is 22.2 Å². The van der Waals surface area contributed by atoms with Crippen molar-refractivity contribution in [2.45, 2.75) is 12.4 Å². The van der Waals surface area contributed by atoms with Crippen LogP contribution in [-0.4, -0.2) is 29.7 Å². The van der Waals surface area contributed by atoms with Crippen molar-refractivity contribution in [2.24, 2.45) is 0 Å². The Morgan fingerprint density at radius 2 is 1.71 bits per heavy atom. The molecule has 1 aromatic heterocycles. The number of benzene rings is 3. The minimum atomic E-state index is -5.48. The highest BCUT2D eigenvalue weighted by atomic mass is 32.2. The van der Waals surface area contributed by atoms with Crippen LogP contribution in [0.2, 0.25) is 0 Å². The molecule has 0 aliphatic rings. The number of carbonyl (C=O) groups is 1. The maximum absolute atomic E-state index is 12.5. The number of imidazole rings is 1. The van der Waals surface area contributed by atoms with Gasteiger partial charge in [0, 0.05) is 16.8 Å². The molecule has 0 amide bonds. The van der Waals surface area contributed by atoms with Gasteiger partial charge in [-0.2, -0.15) is 21.6 Å². The van der Waals surface area contributed by atoms with Crippen molar-refractivity contribution < 1.29 is 26.4 Å². The van der Waals surface area contributed by atoms with Crippen LogP contribution in [0, 0.1) is 11.8 Å². The zero-order valence-corrected chi connectivity index (χ0v) is 18.4. The molecule has 0 aliphatic carbocycles. The van der Waals surface area contributed by atoms with Gasteiger partial charge in [-0.05, 0) is 60.4 Å². The number of alkyl halides is 3. The Kier molecular flexibility index (Phi) is 5.89. The Morgan fingerprint density at radius 3 is 2.38 bits per heavy atom. The average molecular weight is 483 g/mol. The second-order valence-corrected chi connectivity index (χ2v) is 8.97. The second-order valence-electron chi connectivity index (χ2n) is 7.30. The summed E-state index contributed by atoms with van der Waals surface area (Å²) in [4.78, 5) is 19.4. The molecule has 2 N–H and O–H groups in total. The standard InChI is InChI=1S/C24H16F3N3O3S/c1-15(31)19-4-2-3-5-20(19)17-9-12-21-22(14-17)29-23(28-21)13-8-16-6-10-18(11-7-16)30-34(32,33)24(25,26)27/h2-7,9-12,14,30H,1H3,(H,28,29). The lowest BCUT2D eigenvalue weighted by molar-refractivity contribution is -0.0429. The van der Waals surface area contributed by atoms with Crippen LogP contribution in [-0.2, 0) is 10.0 Å². The molecule has 0 fully saturated rings. The highest BCUT2D eigenvalue weighted by molar-refractivity contribution is 7.93. The number of nitrogens with zero attached hydrogens (tertiary/aromatic N) is 1. The number of Topliss-reactive ketones (excluding diaryl/α,β-unsaturated/α-hetero) is 1. The lowest BCUT2D eigenvalue weighted by atomic mass is 9.97. The van der Waals surface area contributed by atoms with E-state index < -0.39 is 15.5 Å². The summed E-state index contributed by atoms with van der Waals surface area (Å²) in [5, 5.41) is 0. The summed E-state index contributed by atoms with van der Waals surface area (Å²) in [5.41, 5.74) is -1.53. The number of anilines is 1. The molecule has 34 heavy (non-hydrogen) atoms. The molecule has 0 aliphatic heterocycles. The number of rotatable bonds is 4. The third-order valence-corrected chi connectivity index (χ3v) is 5.98. The molecular weight excluding hydrogens is 467 g/mol. The van der Waals surface area contributed by atoms with Crippen LogP contribution < -0.4 is 4.72 Å². The van der Waals surface area contributed by atoms with Crippen molar-refractivity contribution >= 4 is 32.5 Å². The van der Waals surface area contributed by atoms with Gasteiger partial charge in [-0.1, -0.05) is 36.3 Å². The van der Waals surface area contributed by atoms with E-state index in [1.807, 2.05) is 30.3 Å². The van der Waals surface area contributed by atoms with E-state index >= 15 is 0 Å². The summed E-state index contributed by atoms with van der Waals surface area (Å²) in [6.07, 6.45) is 0. The molecule has 6 nitrogen and oxygen atoms in total. The fourth-order valence-electron chi connectivity index (χ4n) is 3.24. The third-order valence-electron chi connectivity index (χ3n) is 4.87. The first-order valence-corrected chi connectivity index (χ1v) is 11.3. The minimum Gasteiger partial charge on any atom is -0.331 e. The molecule has 0 unspecified atom stereocenters.